The molecule has 0 aliphatic carbocycles. The van der Waals surface area contributed by atoms with Gasteiger partial charge in [0.25, 0.3) is 0 Å². The highest BCUT2D eigenvalue weighted by molar-refractivity contribution is 7.09. The average molecular weight is 285 g/mol. The summed E-state index contributed by atoms with van der Waals surface area (Å²) in [7, 11) is 2.19. The Morgan fingerprint density at radius 3 is 2.65 bits per heavy atom. The minimum Gasteiger partial charge on any atom is -0.302 e. The van der Waals surface area contributed by atoms with E-state index in [4.69, 9.17) is 0 Å². The first kappa shape index (κ1) is 15.0. The number of hydrogen-bond acceptors (Lipinski definition) is 2. The van der Waals surface area contributed by atoms with Gasteiger partial charge in [0.1, 0.15) is 0 Å². The second kappa shape index (κ2) is 8.03. The molecule has 0 radical (unpaired) electrons. The number of likely N-dealkylation sites (N-methyl/N-ethyl adjacent to an activating group) is 1. The van der Waals surface area contributed by atoms with Crippen LogP contribution in [0.1, 0.15) is 17.4 Å². The van der Waals surface area contributed by atoms with Crippen molar-refractivity contribution in [3.05, 3.63) is 64.4 Å². The summed E-state index contributed by atoms with van der Waals surface area (Å²) in [5.74, 6) is 0.698. The Bertz CT molecular complexity index is 501. The molecule has 1 nitrogen and oxygen atoms in total. The summed E-state index contributed by atoms with van der Waals surface area (Å²) in [5, 5.41) is 2.16. The van der Waals surface area contributed by atoms with E-state index in [9.17, 15) is 0 Å². The number of rotatable bonds is 7. The fourth-order valence-electron chi connectivity index (χ4n) is 2.38. The fourth-order valence-corrected chi connectivity index (χ4v) is 3.25. The third-order valence-electron chi connectivity index (χ3n) is 3.28. The Kier molecular flexibility index (Phi) is 6.03. The van der Waals surface area contributed by atoms with Crippen molar-refractivity contribution in [1.82, 2.24) is 4.90 Å². The molecular formula is C18H23NS. The van der Waals surface area contributed by atoms with Crippen LogP contribution >= 0.6 is 11.3 Å². The van der Waals surface area contributed by atoms with Crippen LogP contribution in [0.3, 0.4) is 0 Å². The summed E-state index contributed by atoms with van der Waals surface area (Å²) >= 11 is 1.86. The van der Waals surface area contributed by atoms with Crippen molar-refractivity contribution in [2.45, 2.75) is 13.3 Å². The van der Waals surface area contributed by atoms with Gasteiger partial charge in [0.2, 0.25) is 0 Å². The van der Waals surface area contributed by atoms with Crippen molar-refractivity contribution < 1.29 is 0 Å². The predicted octanol–water partition coefficient (Wildman–Crippen LogP) is 4.57. The van der Waals surface area contributed by atoms with E-state index >= 15 is 0 Å². The van der Waals surface area contributed by atoms with E-state index in [0.717, 1.165) is 13.1 Å². The molecule has 0 aliphatic heterocycles. The van der Waals surface area contributed by atoms with Crippen LogP contribution in [0, 0.1) is 5.92 Å². The fraction of sp³-hybridized carbons (Fsp3) is 0.333. The van der Waals surface area contributed by atoms with E-state index in [2.05, 4.69) is 78.9 Å². The van der Waals surface area contributed by atoms with Crippen molar-refractivity contribution in [3.8, 4) is 0 Å². The number of thiophene rings is 1. The maximum Gasteiger partial charge on any atom is 0.0163 e. The molecule has 0 N–H and O–H groups in total. The van der Waals surface area contributed by atoms with Crippen molar-refractivity contribution >= 4 is 17.4 Å². The van der Waals surface area contributed by atoms with Crippen LogP contribution in [-0.2, 0) is 6.42 Å². The molecular weight excluding hydrogens is 262 g/mol. The largest absolute Gasteiger partial charge is 0.302 e. The highest BCUT2D eigenvalue weighted by Crippen LogP contribution is 2.15. The normalized spacial score (nSPS) is 13.2. The maximum absolute atomic E-state index is 2.39. The molecule has 1 aromatic carbocycles. The van der Waals surface area contributed by atoms with E-state index in [1.165, 1.54) is 16.9 Å². The summed E-state index contributed by atoms with van der Waals surface area (Å²) in [6.07, 6.45) is 5.62. The summed E-state index contributed by atoms with van der Waals surface area (Å²) in [5.41, 5.74) is 1.27. The number of hydrogen-bond donors (Lipinski definition) is 0. The zero-order valence-electron chi connectivity index (χ0n) is 12.3. The molecule has 0 saturated heterocycles. The van der Waals surface area contributed by atoms with E-state index in [0.29, 0.717) is 5.92 Å². The predicted molar refractivity (Wildman–Crippen MR) is 90.2 cm³/mol. The maximum atomic E-state index is 2.39. The monoisotopic (exact) mass is 285 g/mol. The highest BCUT2D eigenvalue weighted by atomic mass is 32.1. The molecule has 0 spiro atoms. The summed E-state index contributed by atoms with van der Waals surface area (Å²) < 4.78 is 0. The Morgan fingerprint density at radius 2 is 1.95 bits per heavy atom. The molecule has 106 valence electrons. The molecule has 20 heavy (non-hydrogen) atoms. The second-order valence-electron chi connectivity index (χ2n) is 5.42. The first-order valence-corrected chi connectivity index (χ1v) is 8.04. The van der Waals surface area contributed by atoms with Gasteiger partial charge in [-0.15, -0.1) is 11.3 Å². The lowest BCUT2D eigenvalue weighted by molar-refractivity contribution is 0.312. The molecule has 0 saturated carbocycles. The standard InChI is InChI=1S/C18H23NS/c1-16(14-18-11-7-13-20-18)15-19(2)12-6-10-17-8-4-3-5-9-17/h3-11,13,16H,12,14-15H2,1-2H3/b10-6+. The summed E-state index contributed by atoms with van der Waals surface area (Å²) in [6, 6.07) is 14.8. The molecule has 0 bridgehead atoms. The molecule has 1 atom stereocenters. The molecule has 1 unspecified atom stereocenters. The third kappa shape index (κ3) is 5.32. The lowest BCUT2D eigenvalue weighted by atomic mass is 10.1. The van der Waals surface area contributed by atoms with Gasteiger partial charge in [-0.2, -0.15) is 0 Å². The van der Waals surface area contributed by atoms with Crippen LogP contribution in [0.25, 0.3) is 6.08 Å². The van der Waals surface area contributed by atoms with Gasteiger partial charge in [-0.1, -0.05) is 55.5 Å². The van der Waals surface area contributed by atoms with Gasteiger partial charge in [-0.05, 0) is 36.4 Å². The average Bonchev–Trinajstić information content (AvgIpc) is 2.92. The smallest absolute Gasteiger partial charge is 0.0163 e. The van der Waals surface area contributed by atoms with Gasteiger partial charge in [0.15, 0.2) is 0 Å². The summed E-state index contributed by atoms with van der Waals surface area (Å²) in [6.45, 7) is 4.47. The van der Waals surface area contributed by atoms with Gasteiger partial charge in [-0.25, -0.2) is 0 Å². The minimum atomic E-state index is 0.698. The zero-order chi connectivity index (χ0) is 14.2. The Labute approximate surface area is 126 Å². The molecule has 1 heterocycles. The van der Waals surface area contributed by atoms with E-state index in [1.807, 2.05) is 11.3 Å². The van der Waals surface area contributed by atoms with E-state index < -0.39 is 0 Å². The van der Waals surface area contributed by atoms with Crippen molar-refractivity contribution in [2.24, 2.45) is 5.92 Å². The molecule has 0 amide bonds. The van der Waals surface area contributed by atoms with Crippen LogP contribution in [0.5, 0.6) is 0 Å². The van der Waals surface area contributed by atoms with E-state index in [1.54, 1.807) is 0 Å². The molecule has 0 fully saturated rings. The van der Waals surface area contributed by atoms with Crippen LogP contribution in [0.15, 0.2) is 53.9 Å². The number of nitrogens with zero attached hydrogens (tertiary/aromatic N) is 1. The second-order valence-corrected chi connectivity index (χ2v) is 6.46. The van der Waals surface area contributed by atoms with Gasteiger partial charge in [0, 0.05) is 18.0 Å². The van der Waals surface area contributed by atoms with Crippen molar-refractivity contribution in [1.29, 1.82) is 0 Å². The highest BCUT2D eigenvalue weighted by Gasteiger charge is 2.07. The lowest BCUT2D eigenvalue weighted by Crippen LogP contribution is -2.25. The van der Waals surface area contributed by atoms with Crippen LogP contribution in [0.4, 0.5) is 0 Å². The molecule has 0 aliphatic rings. The molecule has 2 heteroatoms. The lowest BCUT2D eigenvalue weighted by Gasteiger charge is -2.19. The van der Waals surface area contributed by atoms with Gasteiger partial charge in [0.05, 0.1) is 0 Å². The Morgan fingerprint density at radius 1 is 1.15 bits per heavy atom. The third-order valence-corrected chi connectivity index (χ3v) is 4.18. The summed E-state index contributed by atoms with van der Waals surface area (Å²) in [4.78, 5) is 3.88. The van der Waals surface area contributed by atoms with Crippen LogP contribution in [-0.4, -0.2) is 25.0 Å². The molecule has 2 rings (SSSR count). The van der Waals surface area contributed by atoms with Crippen molar-refractivity contribution in [3.63, 3.8) is 0 Å². The first-order valence-electron chi connectivity index (χ1n) is 7.16. The van der Waals surface area contributed by atoms with Gasteiger partial charge >= 0.3 is 0 Å². The molecule has 2 aromatic rings. The van der Waals surface area contributed by atoms with E-state index in [-0.39, 0.29) is 0 Å². The number of benzene rings is 1. The minimum absolute atomic E-state index is 0.698. The Balaban J connectivity index is 1.72. The van der Waals surface area contributed by atoms with Crippen LogP contribution in [0.2, 0.25) is 0 Å². The SMILES string of the molecule is CC(Cc1cccs1)CN(C)C/C=C/c1ccccc1. The van der Waals surface area contributed by atoms with Gasteiger partial charge < -0.3 is 4.90 Å². The zero-order valence-corrected chi connectivity index (χ0v) is 13.1. The van der Waals surface area contributed by atoms with Crippen LogP contribution < -0.4 is 0 Å². The quantitative estimate of drug-likeness (QED) is 0.720. The van der Waals surface area contributed by atoms with Crippen molar-refractivity contribution in [2.75, 3.05) is 20.1 Å². The topological polar surface area (TPSA) is 3.24 Å². The van der Waals surface area contributed by atoms with Gasteiger partial charge in [-0.3, -0.25) is 0 Å². The molecule has 1 aromatic heterocycles. The first-order chi connectivity index (χ1) is 9.74. The Hall–Kier alpha value is -1.38.